The molecule has 1 N–H and O–H groups in total. The predicted octanol–water partition coefficient (Wildman–Crippen LogP) is 0.411. The molecule has 8 nitrogen and oxygen atoms in total. The molecule has 0 bridgehead atoms. The number of likely N-dealkylation sites (tertiary alicyclic amines) is 2. The summed E-state index contributed by atoms with van der Waals surface area (Å²) in [5.74, 6) is -1.12. The van der Waals surface area contributed by atoms with Gasteiger partial charge in [-0.2, -0.15) is 0 Å². The van der Waals surface area contributed by atoms with Crippen LogP contribution >= 0.6 is 0 Å². The van der Waals surface area contributed by atoms with Crippen molar-refractivity contribution >= 4 is 17.8 Å². The number of carboxylic acids is 1. The van der Waals surface area contributed by atoms with E-state index in [4.69, 9.17) is 4.74 Å². The molecule has 8 heteroatoms. The maximum Gasteiger partial charge on any atom is 0.326 e. The summed E-state index contributed by atoms with van der Waals surface area (Å²) in [5.41, 5.74) is 0. The fourth-order valence-corrected chi connectivity index (χ4v) is 5.45. The van der Waals surface area contributed by atoms with Gasteiger partial charge in [0.25, 0.3) is 0 Å². The second kappa shape index (κ2) is 8.37. The number of nitrogens with zero attached hydrogens (tertiary/aromatic N) is 3. The Kier molecular flexibility index (Phi) is 5.87. The zero-order valence-electron chi connectivity index (χ0n) is 16.4. The van der Waals surface area contributed by atoms with Gasteiger partial charge in [0, 0.05) is 45.2 Å². The molecule has 0 radical (unpaired) electrons. The van der Waals surface area contributed by atoms with Gasteiger partial charge in [0.1, 0.15) is 6.04 Å². The number of carbonyl (C=O) groups excluding carboxylic acids is 2. The standard InChI is InChI=1S/C20H31N3O5/c24-18-12-15(13-22(18)6-5-21-7-9-28-10-8-21)19(25)23-16-4-2-1-3-14(16)11-17(23)20(26)27/h14-17H,1-13H2,(H,26,27). The van der Waals surface area contributed by atoms with Crippen LogP contribution in [0.1, 0.15) is 38.5 Å². The number of aliphatic carboxylic acids is 1. The molecule has 0 spiro atoms. The van der Waals surface area contributed by atoms with E-state index in [0.717, 1.165) is 58.5 Å². The average Bonchev–Trinajstić information content (AvgIpc) is 3.27. The molecule has 4 rings (SSSR count). The molecule has 28 heavy (non-hydrogen) atoms. The third-order valence-electron chi connectivity index (χ3n) is 6.98. The van der Waals surface area contributed by atoms with Crippen LogP contribution < -0.4 is 0 Å². The fraction of sp³-hybridized carbons (Fsp3) is 0.850. The van der Waals surface area contributed by atoms with Crippen LogP contribution in [0.15, 0.2) is 0 Å². The molecule has 3 aliphatic heterocycles. The van der Waals surface area contributed by atoms with Crippen molar-refractivity contribution < 1.29 is 24.2 Å². The Balaban J connectivity index is 1.38. The highest BCUT2D eigenvalue weighted by Gasteiger charge is 2.50. The van der Waals surface area contributed by atoms with Gasteiger partial charge in [-0.05, 0) is 25.2 Å². The Morgan fingerprint density at radius 2 is 1.86 bits per heavy atom. The van der Waals surface area contributed by atoms with Crippen LogP contribution in [-0.4, -0.2) is 95.6 Å². The lowest BCUT2D eigenvalue weighted by Gasteiger charge is -2.34. The Hall–Kier alpha value is -1.67. The van der Waals surface area contributed by atoms with E-state index in [0.29, 0.717) is 25.4 Å². The molecule has 3 heterocycles. The zero-order valence-corrected chi connectivity index (χ0v) is 16.4. The first kappa shape index (κ1) is 19.6. The van der Waals surface area contributed by atoms with Crippen molar-refractivity contribution in [3.8, 4) is 0 Å². The van der Waals surface area contributed by atoms with Crippen LogP contribution in [0.25, 0.3) is 0 Å². The van der Waals surface area contributed by atoms with Gasteiger partial charge in [-0.1, -0.05) is 12.8 Å². The molecule has 2 amide bonds. The quantitative estimate of drug-likeness (QED) is 0.728. The van der Waals surface area contributed by atoms with Gasteiger partial charge < -0.3 is 19.6 Å². The van der Waals surface area contributed by atoms with Crippen molar-refractivity contribution in [3.63, 3.8) is 0 Å². The Morgan fingerprint density at radius 3 is 2.61 bits per heavy atom. The summed E-state index contributed by atoms with van der Waals surface area (Å²) in [6.07, 6.45) is 4.84. The van der Waals surface area contributed by atoms with Gasteiger partial charge in [-0.25, -0.2) is 4.79 Å². The summed E-state index contributed by atoms with van der Waals surface area (Å²) in [4.78, 5) is 43.2. The molecule has 0 aromatic heterocycles. The summed E-state index contributed by atoms with van der Waals surface area (Å²) >= 11 is 0. The topological polar surface area (TPSA) is 90.4 Å². The number of ether oxygens (including phenoxy) is 1. The van der Waals surface area contributed by atoms with Crippen molar-refractivity contribution in [2.75, 3.05) is 45.9 Å². The largest absolute Gasteiger partial charge is 0.480 e. The fourth-order valence-electron chi connectivity index (χ4n) is 5.45. The molecular formula is C20H31N3O5. The highest BCUT2D eigenvalue weighted by molar-refractivity contribution is 5.92. The first-order valence-electron chi connectivity index (χ1n) is 10.7. The van der Waals surface area contributed by atoms with Gasteiger partial charge >= 0.3 is 5.97 Å². The van der Waals surface area contributed by atoms with E-state index in [-0.39, 0.29) is 24.3 Å². The first-order chi connectivity index (χ1) is 13.5. The number of rotatable bonds is 5. The second-order valence-electron chi connectivity index (χ2n) is 8.64. The summed E-state index contributed by atoms with van der Waals surface area (Å²) in [7, 11) is 0. The lowest BCUT2D eigenvalue weighted by Crippen LogP contribution is -2.49. The number of hydrogen-bond donors (Lipinski definition) is 1. The van der Waals surface area contributed by atoms with Crippen molar-refractivity contribution in [2.45, 2.75) is 50.6 Å². The molecule has 4 aliphatic rings. The number of morpholine rings is 1. The maximum atomic E-state index is 13.3. The molecule has 4 fully saturated rings. The Bertz CT molecular complexity index is 621. The van der Waals surface area contributed by atoms with E-state index in [1.165, 1.54) is 0 Å². The van der Waals surface area contributed by atoms with Gasteiger partial charge in [0.05, 0.1) is 19.1 Å². The van der Waals surface area contributed by atoms with E-state index in [2.05, 4.69) is 4.90 Å². The third kappa shape index (κ3) is 3.89. The van der Waals surface area contributed by atoms with Crippen LogP contribution in [-0.2, 0) is 19.1 Å². The Morgan fingerprint density at radius 1 is 1.11 bits per heavy atom. The maximum absolute atomic E-state index is 13.3. The van der Waals surface area contributed by atoms with Gasteiger partial charge in [-0.3, -0.25) is 14.5 Å². The number of fused-ring (bicyclic) bond motifs is 1. The number of carbonyl (C=O) groups is 3. The molecule has 0 aromatic rings. The molecule has 1 aliphatic carbocycles. The molecule has 4 atom stereocenters. The second-order valence-corrected chi connectivity index (χ2v) is 8.64. The van der Waals surface area contributed by atoms with E-state index in [1.807, 2.05) is 0 Å². The SMILES string of the molecule is O=C(O)C1CC2CCCCC2N1C(=O)C1CC(=O)N(CCN2CCOCC2)C1. The van der Waals surface area contributed by atoms with Gasteiger partial charge in [-0.15, -0.1) is 0 Å². The van der Waals surface area contributed by atoms with Crippen LogP contribution in [0.5, 0.6) is 0 Å². The lowest BCUT2D eigenvalue weighted by molar-refractivity contribution is -0.151. The molecule has 4 unspecified atom stereocenters. The van der Waals surface area contributed by atoms with E-state index >= 15 is 0 Å². The van der Waals surface area contributed by atoms with Crippen LogP contribution in [0.4, 0.5) is 0 Å². The summed E-state index contributed by atoms with van der Waals surface area (Å²) in [6, 6.07) is -0.682. The minimum atomic E-state index is -0.906. The van der Waals surface area contributed by atoms with Gasteiger partial charge in [0.15, 0.2) is 0 Å². The number of carboxylic acid groups (broad SMARTS) is 1. The van der Waals surface area contributed by atoms with E-state index in [9.17, 15) is 19.5 Å². The van der Waals surface area contributed by atoms with Crippen LogP contribution in [0, 0.1) is 11.8 Å². The minimum Gasteiger partial charge on any atom is -0.480 e. The Labute approximate surface area is 165 Å². The molecule has 156 valence electrons. The van der Waals surface area contributed by atoms with Crippen molar-refractivity contribution in [3.05, 3.63) is 0 Å². The van der Waals surface area contributed by atoms with E-state index in [1.54, 1.807) is 9.80 Å². The zero-order chi connectivity index (χ0) is 19.7. The van der Waals surface area contributed by atoms with Crippen LogP contribution in [0.3, 0.4) is 0 Å². The minimum absolute atomic E-state index is 0.0119. The van der Waals surface area contributed by atoms with Crippen molar-refractivity contribution in [1.29, 1.82) is 0 Å². The first-order valence-corrected chi connectivity index (χ1v) is 10.7. The predicted molar refractivity (Wildman–Crippen MR) is 101 cm³/mol. The third-order valence-corrected chi connectivity index (χ3v) is 6.98. The monoisotopic (exact) mass is 393 g/mol. The highest BCUT2D eigenvalue weighted by Crippen LogP contribution is 2.41. The van der Waals surface area contributed by atoms with Gasteiger partial charge in [0.2, 0.25) is 11.8 Å². The molecule has 3 saturated heterocycles. The lowest BCUT2D eigenvalue weighted by atomic mass is 9.84. The van der Waals surface area contributed by atoms with Crippen molar-refractivity contribution in [1.82, 2.24) is 14.7 Å². The van der Waals surface area contributed by atoms with Crippen LogP contribution in [0.2, 0.25) is 0 Å². The summed E-state index contributed by atoms with van der Waals surface area (Å²) in [5, 5.41) is 9.67. The summed E-state index contributed by atoms with van der Waals surface area (Å²) < 4.78 is 5.35. The van der Waals surface area contributed by atoms with E-state index < -0.39 is 17.9 Å². The summed E-state index contributed by atoms with van der Waals surface area (Å²) in [6.45, 7) is 5.04. The smallest absolute Gasteiger partial charge is 0.326 e. The van der Waals surface area contributed by atoms with Crippen molar-refractivity contribution in [2.24, 2.45) is 11.8 Å². The molecular weight excluding hydrogens is 362 g/mol. The number of hydrogen-bond acceptors (Lipinski definition) is 5. The highest BCUT2D eigenvalue weighted by atomic mass is 16.5. The number of amides is 2. The normalized spacial score (nSPS) is 33.9. The molecule has 1 saturated carbocycles. The molecule has 0 aromatic carbocycles. The average molecular weight is 393 g/mol.